The molecular weight excluding hydrogens is 247 g/mol. The van der Waals surface area contributed by atoms with Crippen molar-refractivity contribution in [2.75, 3.05) is 32.9 Å². The third kappa shape index (κ3) is 3.75. The second-order valence-electron chi connectivity index (χ2n) is 4.62. The van der Waals surface area contributed by atoms with Gasteiger partial charge in [-0.1, -0.05) is 12.1 Å². The van der Waals surface area contributed by atoms with Gasteiger partial charge < -0.3 is 10.1 Å². The van der Waals surface area contributed by atoms with E-state index in [1.54, 1.807) is 12.1 Å². The van der Waals surface area contributed by atoms with E-state index < -0.39 is 6.67 Å². The minimum atomic E-state index is -0.410. The van der Waals surface area contributed by atoms with E-state index in [-0.39, 0.29) is 12.0 Å². The first kappa shape index (κ1) is 14.0. The Morgan fingerprint density at radius 3 is 2.53 bits per heavy atom. The van der Waals surface area contributed by atoms with Gasteiger partial charge in [-0.05, 0) is 17.7 Å². The van der Waals surface area contributed by atoms with E-state index in [0.717, 1.165) is 31.7 Å². The Bertz CT molecular complexity index is 416. The molecule has 1 aromatic rings. The Morgan fingerprint density at radius 2 is 2.00 bits per heavy atom. The molecule has 0 bridgehead atoms. The predicted molar refractivity (Wildman–Crippen MR) is 70.9 cm³/mol. The zero-order chi connectivity index (χ0) is 13.7. The van der Waals surface area contributed by atoms with Crippen molar-refractivity contribution in [1.82, 2.24) is 10.2 Å². The van der Waals surface area contributed by atoms with Crippen LogP contribution in [0.15, 0.2) is 24.3 Å². The first-order chi connectivity index (χ1) is 9.20. The number of esters is 1. The molecule has 1 atom stereocenters. The van der Waals surface area contributed by atoms with Gasteiger partial charge in [-0.15, -0.1) is 0 Å². The van der Waals surface area contributed by atoms with Gasteiger partial charge >= 0.3 is 5.97 Å². The number of nitrogens with zero attached hydrogens (tertiary/aromatic N) is 1. The van der Waals surface area contributed by atoms with Crippen molar-refractivity contribution in [3.05, 3.63) is 29.8 Å². The van der Waals surface area contributed by atoms with Crippen molar-refractivity contribution in [2.24, 2.45) is 0 Å². The maximum atomic E-state index is 13.3. The summed E-state index contributed by atoms with van der Waals surface area (Å²) >= 11 is 0. The van der Waals surface area contributed by atoms with Crippen molar-refractivity contribution in [2.45, 2.75) is 13.0 Å². The van der Waals surface area contributed by atoms with Crippen LogP contribution in [0.3, 0.4) is 0 Å². The third-order valence-corrected chi connectivity index (χ3v) is 3.26. The molecule has 0 aromatic heterocycles. The minimum Gasteiger partial charge on any atom is -0.427 e. The van der Waals surface area contributed by atoms with Crippen LogP contribution in [0.25, 0.3) is 0 Å². The Balaban J connectivity index is 2.07. The lowest BCUT2D eigenvalue weighted by atomic mass is 10.1. The molecule has 0 spiro atoms. The topological polar surface area (TPSA) is 41.6 Å². The number of nitrogens with one attached hydrogen (secondary N) is 1. The predicted octanol–water partition coefficient (Wildman–Crippen LogP) is 1.53. The molecule has 19 heavy (non-hydrogen) atoms. The summed E-state index contributed by atoms with van der Waals surface area (Å²) in [5.74, 6) is 0.145. The van der Waals surface area contributed by atoms with E-state index in [9.17, 15) is 9.18 Å². The minimum absolute atomic E-state index is 0.214. The molecule has 0 amide bonds. The fraction of sp³-hybridized carbons (Fsp3) is 0.500. The van der Waals surface area contributed by atoms with Gasteiger partial charge in [-0.2, -0.15) is 0 Å². The highest BCUT2D eigenvalue weighted by molar-refractivity contribution is 5.69. The van der Waals surface area contributed by atoms with Gasteiger partial charge in [0.25, 0.3) is 0 Å². The molecule has 2 rings (SSSR count). The summed E-state index contributed by atoms with van der Waals surface area (Å²) in [5, 5.41) is 3.25. The molecule has 1 N–H and O–H groups in total. The smallest absolute Gasteiger partial charge is 0.308 e. The van der Waals surface area contributed by atoms with Crippen LogP contribution in [-0.2, 0) is 4.79 Å². The average Bonchev–Trinajstić information content (AvgIpc) is 2.42. The molecule has 0 unspecified atom stereocenters. The van der Waals surface area contributed by atoms with Gasteiger partial charge in [-0.25, -0.2) is 4.39 Å². The second-order valence-corrected chi connectivity index (χ2v) is 4.62. The highest BCUT2D eigenvalue weighted by atomic mass is 19.1. The molecule has 0 saturated carbocycles. The second kappa shape index (κ2) is 6.63. The number of halogens is 1. The quantitative estimate of drug-likeness (QED) is 0.663. The van der Waals surface area contributed by atoms with Gasteiger partial charge in [-0.3, -0.25) is 9.69 Å². The molecule has 0 radical (unpaired) electrons. The SMILES string of the molecule is CC(=O)Oc1ccc([C@H](CF)N2CCNCC2)cc1. The summed E-state index contributed by atoms with van der Waals surface area (Å²) in [4.78, 5) is 13.0. The number of carbonyl (C=O) groups excluding carboxylic acids is 1. The number of hydrogen-bond acceptors (Lipinski definition) is 4. The van der Waals surface area contributed by atoms with E-state index in [4.69, 9.17) is 4.74 Å². The molecule has 104 valence electrons. The van der Waals surface area contributed by atoms with Gasteiger partial charge in [0, 0.05) is 33.1 Å². The lowest BCUT2D eigenvalue weighted by Gasteiger charge is -2.33. The summed E-state index contributed by atoms with van der Waals surface area (Å²) in [6.45, 7) is 4.43. The Morgan fingerprint density at radius 1 is 1.37 bits per heavy atom. The zero-order valence-electron chi connectivity index (χ0n) is 11.1. The molecular formula is C14H19FN2O2. The lowest BCUT2D eigenvalue weighted by Crippen LogP contribution is -2.45. The molecule has 4 nitrogen and oxygen atoms in total. The van der Waals surface area contributed by atoms with E-state index in [2.05, 4.69) is 10.2 Å². The number of piperazine rings is 1. The maximum absolute atomic E-state index is 13.3. The van der Waals surface area contributed by atoms with Crippen LogP contribution in [0.1, 0.15) is 18.5 Å². The van der Waals surface area contributed by atoms with Crippen LogP contribution in [0.4, 0.5) is 4.39 Å². The Kier molecular flexibility index (Phi) is 4.87. The van der Waals surface area contributed by atoms with Gasteiger partial charge in [0.2, 0.25) is 0 Å². The Labute approximate surface area is 112 Å². The molecule has 5 heteroatoms. The van der Waals surface area contributed by atoms with Crippen molar-refractivity contribution in [3.8, 4) is 5.75 Å². The van der Waals surface area contributed by atoms with Crippen LogP contribution >= 0.6 is 0 Å². The molecule has 0 aliphatic carbocycles. The standard InChI is InChI=1S/C14H19FN2O2/c1-11(18)19-13-4-2-12(3-5-13)14(10-15)17-8-6-16-7-9-17/h2-5,14,16H,6-10H2,1H3/t14-/m0/s1. The summed E-state index contributed by atoms with van der Waals surface area (Å²) in [6.07, 6.45) is 0. The van der Waals surface area contributed by atoms with Crippen LogP contribution in [-0.4, -0.2) is 43.7 Å². The van der Waals surface area contributed by atoms with Crippen LogP contribution in [0, 0.1) is 0 Å². The van der Waals surface area contributed by atoms with Crippen molar-refractivity contribution in [3.63, 3.8) is 0 Å². The zero-order valence-corrected chi connectivity index (χ0v) is 11.1. The van der Waals surface area contributed by atoms with Gasteiger partial charge in [0.05, 0.1) is 6.04 Å². The van der Waals surface area contributed by atoms with E-state index >= 15 is 0 Å². The lowest BCUT2D eigenvalue weighted by molar-refractivity contribution is -0.131. The molecule has 1 aliphatic rings. The normalized spacial score (nSPS) is 18.0. The van der Waals surface area contributed by atoms with Gasteiger partial charge in [0.1, 0.15) is 12.4 Å². The van der Waals surface area contributed by atoms with E-state index in [1.807, 2.05) is 12.1 Å². The summed E-state index contributed by atoms with van der Waals surface area (Å²) in [7, 11) is 0. The average molecular weight is 266 g/mol. The van der Waals surface area contributed by atoms with Crippen molar-refractivity contribution >= 4 is 5.97 Å². The number of benzene rings is 1. The largest absolute Gasteiger partial charge is 0.427 e. The monoisotopic (exact) mass is 266 g/mol. The summed E-state index contributed by atoms with van der Waals surface area (Å²) < 4.78 is 18.3. The molecule has 1 fully saturated rings. The summed E-state index contributed by atoms with van der Waals surface area (Å²) in [6, 6.07) is 6.85. The van der Waals surface area contributed by atoms with Gasteiger partial charge in [0.15, 0.2) is 0 Å². The highest BCUT2D eigenvalue weighted by Gasteiger charge is 2.21. The van der Waals surface area contributed by atoms with Crippen LogP contribution in [0.5, 0.6) is 5.75 Å². The number of carbonyl (C=O) groups is 1. The summed E-state index contributed by atoms with van der Waals surface area (Å²) in [5.41, 5.74) is 0.917. The first-order valence-electron chi connectivity index (χ1n) is 6.50. The highest BCUT2D eigenvalue weighted by Crippen LogP contribution is 2.24. The molecule has 1 aliphatic heterocycles. The third-order valence-electron chi connectivity index (χ3n) is 3.26. The molecule has 1 saturated heterocycles. The fourth-order valence-corrected chi connectivity index (χ4v) is 2.32. The first-order valence-corrected chi connectivity index (χ1v) is 6.50. The molecule has 1 heterocycles. The number of hydrogen-bond donors (Lipinski definition) is 1. The van der Waals surface area contributed by atoms with E-state index in [1.165, 1.54) is 6.92 Å². The van der Waals surface area contributed by atoms with Crippen molar-refractivity contribution < 1.29 is 13.9 Å². The molecule has 1 aromatic carbocycles. The Hall–Kier alpha value is -1.46. The number of rotatable bonds is 4. The fourth-order valence-electron chi connectivity index (χ4n) is 2.32. The van der Waals surface area contributed by atoms with Crippen LogP contribution < -0.4 is 10.1 Å². The maximum Gasteiger partial charge on any atom is 0.308 e. The number of ether oxygens (including phenoxy) is 1. The van der Waals surface area contributed by atoms with E-state index in [0.29, 0.717) is 5.75 Å². The van der Waals surface area contributed by atoms with Crippen molar-refractivity contribution in [1.29, 1.82) is 0 Å². The van der Waals surface area contributed by atoms with Crippen LogP contribution in [0.2, 0.25) is 0 Å². The number of alkyl halides is 1.